The molecule has 2 aliphatic carbocycles. The molecule has 0 radical (unpaired) electrons. The van der Waals surface area contributed by atoms with Crippen molar-refractivity contribution in [3.63, 3.8) is 0 Å². The van der Waals surface area contributed by atoms with Crippen molar-refractivity contribution in [3.05, 3.63) is 241 Å². The second-order valence-corrected chi connectivity index (χ2v) is 14.5. The molecule has 11 rings (SSSR count). The van der Waals surface area contributed by atoms with Crippen molar-refractivity contribution < 1.29 is 0 Å². The zero-order chi connectivity index (χ0) is 36.3. The van der Waals surface area contributed by atoms with Gasteiger partial charge >= 0.3 is 0 Å². The topological polar surface area (TPSA) is 6.48 Å². The maximum absolute atomic E-state index is 2.45. The van der Waals surface area contributed by atoms with Gasteiger partial charge in [-0.3, -0.25) is 0 Å². The van der Waals surface area contributed by atoms with Crippen molar-refractivity contribution in [1.29, 1.82) is 0 Å². The van der Waals surface area contributed by atoms with Crippen molar-refractivity contribution in [2.45, 2.75) is 5.41 Å². The zero-order valence-electron chi connectivity index (χ0n) is 30.2. The monoisotopic (exact) mass is 700 g/mol. The highest BCUT2D eigenvalue weighted by Crippen LogP contribution is 2.65. The molecule has 0 bridgehead atoms. The molecule has 9 aromatic rings. The van der Waals surface area contributed by atoms with Gasteiger partial charge in [-0.15, -0.1) is 0 Å². The van der Waals surface area contributed by atoms with Gasteiger partial charge in [0.15, 0.2) is 0 Å². The molecule has 258 valence electrons. The fourth-order valence-electron chi connectivity index (χ4n) is 9.41. The van der Waals surface area contributed by atoms with Crippen molar-refractivity contribution >= 4 is 44.9 Å². The zero-order valence-corrected chi connectivity index (χ0v) is 30.2. The van der Waals surface area contributed by atoms with Crippen molar-refractivity contribution in [1.82, 2.24) is 0 Å². The number of fused-ring (bicyclic) bond motifs is 11. The van der Waals surface area contributed by atoms with Crippen molar-refractivity contribution in [2.75, 3.05) is 9.80 Å². The Labute approximate surface area is 321 Å². The lowest BCUT2D eigenvalue weighted by molar-refractivity contribution is 0.793. The molecule has 0 heterocycles. The summed E-state index contributed by atoms with van der Waals surface area (Å²) in [6, 6.07) is 79.9. The van der Waals surface area contributed by atoms with Crippen LogP contribution >= 0.6 is 0 Å². The minimum atomic E-state index is -0.484. The molecule has 2 aliphatic rings. The van der Waals surface area contributed by atoms with E-state index in [0.717, 1.165) is 28.4 Å². The summed E-state index contributed by atoms with van der Waals surface area (Å²) in [5.41, 5.74) is 16.7. The van der Waals surface area contributed by atoms with E-state index >= 15 is 0 Å². The maximum Gasteiger partial charge on any atom is 0.0726 e. The molecule has 1 unspecified atom stereocenters. The molecule has 55 heavy (non-hydrogen) atoms. The smallest absolute Gasteiger partial charge is 0.0726 e. The Morgan fingerprint density at radius 1 is 0.273 bits per heavy atom. The average Bonchev–Trinajstić information content (AvgIpc) is 3.72. The largest absolute Gasteiger partial charge is 0.310 e. The molecule has 1 spiro atoms. The number of rotatable bonds is 6. The summed E-state index contributed by atoms with van der Waals surface area (Å²) >= 11 is 0. The van der Waals surface area contributed by atoms with E-state index < -0.39 is 5.41 Å². The Morgan fingerprint density at radius 3 is 1.45 bits per heavy atom. The number of benzene rings is 9. The van der Waals surface area contributed by atoms with Crippen LogP contribution in [0.5, 0.6) is 0 Å². The molecule has 0 fully saturated rings. The minimum Gasteiger partial charge on any atom is -0.310 e. The Bertz CT molecular complexity index is 2840. The predicted octanol–water partition coefficient (Wildman–Crippen LogP) is 14.1. The van der Waals surface area contributed by atoms with E-state index in [2.05, 4.69) is 228 Å². The second-order valence-electron chi connectivity index (χ2n) is 14.5. The molecular formula is C53H36N2. The fourth-order valence-corrected chi connectivity index (χ4v) is 9.41. The first-order valence-electron chi connectivity index (χ1n) is 19.0. The standard InChI is InChI=1S/C53H36N2/c1-4-19-39(20-5-1)54(40-21-6-2-7-22-40)43-33-34-49-46(36-43)44-25-12-14-27-47(44)53(49)48-28-15-13-26-45(48)52-50(53)29-16-30-51(52)55(41-23-8-3-9-24-41)42-32-31-37-17-10-11-18-38(37)35-42/h1-36H. The molecule has 0 N–H and O–H groups in total. The van der Waals surface area contributed by atoms with E-state index in [4.69, 9.17) is 0 Å². The van der Waals surface area contributed by atoms with Gasteiger partial charge in [0.2, 0.25) is 0 Å². The van der Waals surface area contributed by atoms with Gasteiger partial charge in [0.1, 0.15) is 0 Å². The van der Waals surface area contributed by atoms with E-state index in [9.17, 15) is 0 Å². The lowest BCUT2D eigenvalue weighted by Crippen LogP contribution is -2.26. The number of anilines is 6. The van der Waals surface area contributed by atoms with Gasteiger partial charge in [0.25, 0.3) is 0 Å². The third-order valence-electron chi connectivity index (χ3n) is 11.6. The van der Waals surface area contributed by atoms with E-state index in [1.165, 1.54) is 61.0 Å². The highest BCUT2D eigenvalue weighted by atomic mass is 15.1. The van der Waals surface area contributed by atoms with Crippen molar-refractivity contribution in [3.8, 4) is 22.3 Å². The van der Waals surface area contributed by atoms with Crippen LogP contribution in [-0.4, -0.2) is 0 Å². The summed E-state index contributed by atoms with van der Waals surface area (Å²) in [5.74, 6) is 0. The van der Waals surface area contributed by atoms with Crippen LogP contribution in [0.1, 0.15) is 22.3 Å². The summed E-state index contributed by atoms with van der Waals surface area (Å²) in [6.07, 6.45) is 0. The first-order valence-corrected chi connectivity index (χ1v) is 19.0. The Hall–Kier alpha value is -7.16. The normalized spacial score (nSPS) is 14.6. The summed E-state index contributed by atoms with van der Waals surface area (Å²) in [7, 11) is 0. The van der Waals surface area contributed by atoms with Crippen LogP contribution in [0.4, 0.5) is 34.1 Å². The molecule has 0 aromatic heterocycles. The molecule has 0 amide bonds. The number of nitrogens with zero attached hydrogens (tertiary/aromatic N) is 2. The van der Waals surface area contributed by atoms with Gasteiger partial charge < -0.3 is 9.80 Å². The van der Waals surface area contributed by atoms with Gasteiger partial charge in [-0.1, -0.05) is 152 Å². The fraction of sp³-hybridized carbons (Fsp3) is 0.0189. The SMILES string of the molecule is c1ccc(N(c2ccccc2)c2ccc3c(c2)-c2ccccc2C32c3ccccc3-c3c(N(c4ccccc4)c4ccc5ccccc5c4)cccc32)cc1. The van der Waals surface area contributed by atoms with Gasteiger partial charge in [0, 0.05) is 34.0 Å². The van der Waals surface area contributed by atoms with Gasteiger partial charge in [-0.25, -0.2) is 0 Å². The molecule has 0 aliphatic heterocycles. The summed E-state index contributed by atoms with van der Waals surface area (Å²) in [6.45, 7) is 0. The predicted molar refractivity (Wildman–Crippen MR) is 230 cm³/mol. The molecule has 0 saturated carbocycles. The molecule has 2 heteroatoms. The first-order chi connectivity index (χ1) is 27.3. The number of para-hydroxylation sites is 3. The van der Waals surface area contributed by atoms with Crippen LogP contribution in [-0.2, 0) is 5.41 Å². The van der Waals surface area contributed by atoms with E-state index in [0.29, 0.717) is 0 Å². The quantitative estimate of drug-likeness (QED) is 0.170. The van der Waals surface area contributed by atoms with E-state index in [1.54, 1.807) is 0 Å². The lowest BCUT2D eigenvalue weighted by Gasteiger charge is -2.32. The van der Waals surface area contributed by atoms with E-state index in [-0.39, 0.29) is 0 Å². The van der Waals surface area contributed by atoms with Crippen LogP contribution in [0, 0.1) is 0 Å². The van der Waals surface area contributed by atoms with Crippen LogP contribution in [0.25, 0.3) is 33.0 Å². The summed E-state index contributed by atoms with van der Waals surface area (Å²) in [4.78, 5) is 4.81. The third kappa shape index (κ3) is 4.68. The second kappa shape index (κ2) is 12.5. The molecule has 0 saturated heterocycles. The Morgan fingerprint density at radius 2 is 0.764 bits per heavy atom. The maximum atomic E-state index is 2.45. The number of hydrogen-bond acceptors (Lipinski definition) is 2. The molecule has 2 nitrogen and oxygen atoms in total. The average molecular weight is 701 g/mol. The lowest BCUT2D eigenvalue weighted by atomic mass is 9.70. The summed E-state index contributed by atoms with van der Waals surface area (Å²) < 4.78 is 0. The molecule has 9 aromatic carbocycles. The van der Waals surface area contributed by atoms with Crippen LogP contribution in [0.2, 0.25) is 0 Å². The van der Waals surface area contributed by atoms with Gasteiger partial charge in [0.05, 0.1) is 11.1 Å². The first kappa shape index (κ1) is 31.4. The summed E-state index contributed by atoms with van der Waals surface area (Å²) in [5, 5.41) is 2.46. The third-order valence-corrected chi connectivity index (χ3v) is 11.6. The van der Waals surface area contributed by atoms with Crippen LogP contribution in [0.15, 0.2) is 218 Å². The minimum absolute atomic E-state index is 0.484. The van der Waals surface area contributed by atoms with Gasteiger partial charge in [-0.2, -0.15) is 0 Å². The highest BCUT2D eigenvalue weighted by Gasteiger charge is 2.52. The Balaban J connectivity index is 1.17. The molecular weight excluding hydrogens is 665 g/mol. The number of hydrogen-bond donors (Lipinski definition) is 0. The van der Waals surface area contributed by atoms with E-state index in [1.807, 2.05) is 0 Å². The van der Waals surface area contributed by atoms with Gasteiger partial charge in [-0.05, 0) is 116 Å². The highest BCUT2D eigenvalue weighted by molar-refractivity contribution is 6.02. The van der Waals surface area contributed by atoms with Crippen molar-refractivity contribution in [2.24, 2.45) is 0 Å². The van der Waals surface area contributed by atoms with Crippen LogP contribution in [0.3, 0.4) is 0 Å². The molecule has 1 atom stereocenters. The van der Waals surface area contributed by atoms with Crippen LogP contribution < -0.4 is 9.80 Å². The Kier molecular flexibility index (Phi) is 7.11.